The van der Waals surface area contributed by atoms with Gasteiger partial charge in [-0.2, -0.15) is 0 Å². The van der Waals surface area contributed by atoms with E-state index in [1.165, 1.54) is 55.5 Å². The van der Waals surface area contributed by atoms with E-state index in [2.05, 4.69) is 9.65 Å². The molecule has 0 saturated heterocycles. The summed E-state index contributed by atoms with van der Waals surface area (Å²) in [5, 5.41) is 11.6. The molecule has 0 spiro atoms. The maximum atomic E-state index is 14.0. The summed E-state index contributed by atoms with van der Waals surface area (Å²) < 4.78 is 54.9. The van der Waals surface area contributed by atoms with Gasteiger partial charge >= 0.3 is 14.1 Å². The van der Waals surface area contributed by atoms with Crippen molar-refractivity contribution in [2.45, 2.75) is 37.6 Å². The van der Waals surface area contributed by atoms with Crippen LogP contribution in [-0.2, 0) is 4.65 Å². The number of carbonyl (C=O) groups is 3. The third kappa shape index (κ3) is 6.99. The maximum Gasteiger partial charge on any atom is 0.397 e. The number of rotatable bonds is 10. The Balaban J connectivity index is 0.967. The zero-order chi connectivity index (χ0) is 40.7. The Labute approximate surface area is 332 Å². The number of ether oxygens (including phenoxy) is 4. The van der Waals surface area contributed by atoms with E-state index < -0.39 is 30.1 Å². The largest absolute Gasteiger partial charge is 0.527 e. The quantitative estimate of drug-likeness (QED) is 0.143. The summed E-state index contributed by atoms with van der Waals surface area (Å²) in [6, 6.07) is 16.6. The van der Waals surface area contributed by atoms with Crippen molar-refractivity contribution in [2.75, 3.05) is 32.3 Å². The van der Waals surface area contributed by atoms with Gasteiger partial charge in [0.05, 0.1) is 62.0 Å². The number of anilines is 1. The second-order valence-electron chi connectivity index (χ2n) is 13.8. The summed E-state index contributed by atoms with van der Waals surface area (Å²) >= 11 is 0. The number of halogens is 2. The van der Waals surface area contributed by atoms with Crippen molar-refractivity contribution in [1.29, 1.82) is 0 Å². The summed E-state index contributed by atoms with van der Waals surface area (Å²) in [7, 11) is 8.15. The molecule has 1 N–H and O–H groups in total. The Hall–Kier alpha value is -6.68. The summed E-state index contributed by atoms with van der Waals surface area (Å²) in [5.74, 6) is -0.529. The van der Waals surface area contributed by atoms with Gasteiger partial charge in [-0.15, -0.1) is 0 Å². The van der Waals surface area contributed by atoms with Gasteiger partial charge in [0, 0.05) is 43.6 Å². The first-order valence-corrected chi connectivity index (χ1v) is 18.3. The minimum absolute atomic E-state index is 0.0114. The molecular weight excluding hydrogens is 753 g/mol. The van der Waals surface area contributed by atoms with Crippen molar-refractivity contribution < 1.29 is 51.9 Å². The van der Waals surface area contributed by atoms with E-state index in [0.29, 0.717) is 46.7 Å². The molecule has 4 aliphatic heterocycles. The molecule has 4 aliphatic rings. The van der Waals surface area contributed by atoms with Gasteiger partial charge in [0.1, 0.15) is 11.6 Å². The van der Waals surface area contributed by atoms with Crippen LogP contribution in [0.1, 0.15) is 51.1 Å². The number of methoxy groups -OCH3 is 2. The van der Waals surface area contributed by atoms with Gasteiger partial charge in [0.2, 0.25) is 0 Å². The van der Waals surface area contributed by atoms with E-state index in [9.17, 15) is 28.3 Å². The Morgan fingerprint density at radius 2 is 1.33 bits per heavy atom. The number of aliphatic hydroxyl groups excluding tert-OH is 1. The predicted molar refractivity (Wildman–Crippen MR) is 208 cm³/mol. The fourth-order valence-corrected chi connectivity index (χ4v) is 7.52. The van der Waals surface area contributed by atoms with Crippen LogP contribution in [0.15, 0.2) is 90.2 Å². The molecular formula is C42H35BF2N4O9. The molecule has 13 nitrogen and oxygen atoms in total. The van der Waals surface area contributed by atoms with Crippen LogP contribution in [0.3, 0.4) is 0 Å². The zero-order valence-electron chi connectivity index (χ0n) is 31.3. The van der Waals surface area contributed by atoms with Gasteiger partial charge in [0.25, 0.3) is 11.8 Å². The highest BCUT2D eigenvalue weighted by Gasteiger charge is 2.45. The van der Waals surface area contributed by atoms with Crippen LogP contribution in [0.5, 0.6) is 23.0 Å². The summed E-state index contributed by atoms with van der Waals surface area (Å²) in [4.78, 5) is 49.2. The molecule has 58 heavy (non-hydrogen) atoms. The minimum Gasteiger partial charge on any atom is -0.527 e. The average Bonchev–Trinajstić information content (AvgIpc) is 3.84. The number of aliphatic imine (C=N–C) groups is 1. The Bertz CT molecular complexity index is 2390. The lowest BCUT2D eigenvalue weighted by Gasteiger charge is -2.31. The number of fused-ring (bicyclic) bond motifs is 4. The molecule has 3 unspecified atom stereocenters. The fourth-order valence-electron chi connectivity index (χ4n) is 7.52. The van der Waals surface area contributed by atoms with Crippen molar-refractivity contribution in [3.8, 4) is 23.0 Å². The molecule has 4 heterocycles. The maximum absolute atomic E-state index is 14.0. The van der Waals surface area contributed by atoms with Crippen LogP contribution in [-0.4, -0.2) is 92.8 Å². The SMILES string of the molecule is [B]OC(=O)N1c2cc(OCCCOc3cc4c(cc3OC)C(=O)N3C=C(c5ccc(F)cc5)CC3C=N4)c(OC)cc2C(=O)N2C=C(c3ccc(F)cc3)CC2C1O. The molecule has 0 aromatic heterocycles. The van der Waals surface area contributed by atoms with Crippen molar-refractivity contribution in [3.05, 3.63) is 119 Å². The first-order valence-electron chi connectivity index (χ1n) is 18.3. The standard InChI is InChI=1S/C42H35BF2N4O9/c1-54-35-16-30-32(46-20-29-14-25(21-47(29)39(30)50)23-4-8-27(44)9-5-23)18-37(35)56-12-3-13-57-38-19-33-31(17-36(38)55-2)40(51)48-22-26(24-6-10-28(45)11-7-24)15-34(48)41(52)49(33)42(53)58-43/h4-11,16-22,29,34,41,52H,3,12-15H2,1-2H3. The molecule has 0 aliphatic carbocycles. The molecule has 2 radical (unpaired) electrons. The fraction of sp³-hybridized carbons (Fsp3) is 0.238. The van der Waals surface area contributed by atoms with Gasteiger partial charge in [-0.1, -0.05) is 24.3 Å². The number of hydrogen-bond donors (Lipinski definition) is 1. The van der Waals surface area contributed by atoms with E-state index in [-0.39, 0.29) is 60.2 Å². The predicted octanol–water partition coefficient (Wildman–Crippen LogP) is 6.42. The van der Waals surface area contributed by atoms with Gasteiger partial charge in [-0.25, -0.2) is 18.5 Å². The van der Waals surface area contributed by atoms with Gasteiger partial charge in [0.15, 0.2) is 29.2 Å². The number of carbonyl (C=O) groups excluding carboxylic acids is 3. The third-order valence-corrected chi connectivity index (χ3v) is 10.4. The number of aliphatic hydroxyl groups is 1. The Kier molecular flexibility index (Phi) is 10.3. The summed E-state index contributed by atoms with van der Waals surface area (Å²) in [5.41, 5.74) is 3.76. The first-order chi connectivity index (χ1) is 28.1. The molecule has 0 bridgehead atoms. The van der Waals surface area contributed by atoms with Crippen molar-refractivity contribution in [3.63, 3.8) is 0 Å². The van der Waals surface area contributed by atoms with Crippen molar-refractivity contribution >= 4 is 54.7 Å². The van der Waals surface area contributed by atoms with Crippen LogP contribution in [0.2, 0.25) is 0 Å². The van der Waals surface area contributed by atoms with Gasteiger partial charge in [-0.05, 0) is 65.1 Å². The molecule has 294 valence electrons. The zero-order valence-corrected chi connectivity index (χ0v) is 31.3. The molecule has 4 aromatic rings. The number of hydrogen-bond acceptors (Lipinski definition) is 10. The monoisotopic (exact) mass is 788 g/mol. The summed E-state index contributed by atoms with van der Waals surface area (Å²) in [6.07, 6.45) is 3.35. The van der Waals surface area contributed by atoms with Gasteiger partial charge in [-0.3, -0.25) is 14.6 Å². The summed E-state index contributed by atoms with van der Waals surface area (Å²) in [6.45, 7) is 0.246. The van der Waals surface area contributed by atoms with Crippen LogP contribution < -0.4 is 23.8 Å². The second-order valence-corrected chi connectivity index (χ2v) is 13.8. The number of nitrogens with zero attached hydrogens (tertiary/aromatic N) is 4. The molecule has 0 saturated carbocycles. The number of amides is 3. The minimum atomic E-state index is -1.59. The van der Waals surface area contributed by atoms with Crippen molar-refractivity contribution in [1.82, 2.24) is 9.80 Å². The highest BCUT2D eigenvalue weighted by Crippen LogP contribution is 2.44. The van der Waals surface area contributed by atoms with Crippen LogP contribution >= 0.6 is 0 Å². The molecule has 4 aromatic carbocycles. The smallest absolute Gasteiger partial charge is 0.397 e. The van der Waals surface area contributed by atoms with Crippen LogP contribution in [0.25, 0.3) is 11.1 Å². The normalized spacial score (nSPS) is 19.3. The van der Waals surface area contributed by atoms with E-state index in [1.54, 1.807) is 59.9 Å². The number of benzene rings is 4. The van der Waals surface area contributed by atoms with Crippen LogP contribution in [0, 0.1) is 11.6 Å². The van der Waals surface area contributed by atoms with Crippen molar-refractivity contribution in [2.24, 2.45) is 4.99 Å². The first kappa shape index (κ1) is 38.2. The van der Waals surface area contributed by atoms with E-state index >= 15 is 0 Å². The molecule has 3 amide bonds. The van der Waals surface area contributed by atoms with E-state index in [1.807, 2.05) is 0 Å². The Morgan fingerprint density at radius 1 is 0.776 bits per heavy atom. The third-order valence-electron chi connectivity index (χ3n) is 10.4. The topological polar surface area (TPSA) is 140 Å². The lowest BCUT2D eigenvalue weighted by Crippen LogP contribution is -2.50. The van der Waals surface area contributed by atoms with E-state index in [0.717, 1.165) is 16.0 Å². The van der Waals surface area contributed by atoms with E-state index in [4.69, 9.17) is 27.0 Å². The molecule has 8 rings (SSSR count). The molecule has 3 atom stereocenters. The van der Waals surface area contributed by atoms with Crippen LogP contribution in [0.4, 0.5) is 25.0 Å². The van der Waals surface area contributed by atoms with Gasteiger partial charge < -0.3 is 38.5 Å². The highest BCUT2D eigenvalue weighted by atomic mass is 19.1. The lowest BCUT2D eigenvalue weighted by molar-refractivity contribution is 0.0580. The lowest BCUT2D eigenvalue weighted by atomic mass is 10.0. The second kappa shape index (κ2) is 15.7. The Morgan fingerprint density at radius 3 is 1.93 bits per heavy atom. The molecule has 16 heteroatoms. The average molecular weight is 789 g/mol. The highest BCUT2D eigenvalue weighted by molar-refractivity contribution is 6.12. The molecule has 0 fully saturated rings.